The van der Waals surface area contributed by atoms with Crippen molar-refractivity contribution in [2.45, 2.75) is 44.9 Å². The number of ether oxygens (including phenoxy) is 1. The minimum atomic E-state index is 0.836. The highest BCUT2D eigenvalue weighted by Gasteiger charge is 2.20. The Kier molecular flexibility index (Phi) is 6.21. The maximum absolute atomic E-state index is 5.53. The smallest absolute Gasteiger partial charge is 0.0468 e. The third-order valence-corrected chi connectivity index (χ3v) is 2.61. The molecule has 2 N–H and O–H groups in total. The molecule has 0 amide bonds. The lowest BCUT2D eigenvalue weighted by Crippen LogP contribution is -2.00. The standard InChI is InChI=1S/C11H23NO/c12-8-3-1-2-4-9-13-10-7-11-5-6-11/h11H,1-10,12H2. The molecular weight excluding hydrogens is 162 g/mol. The van der Waals surface area contributed by atoms with Gasteiger partial charge in [0, 0.05) is 13.2 Å². The Hall–Kier alpha value is -0.0800. The van der Waals surface area contributed by atoms with Gasteiger partial charge in [-0.15, -0.1) is 0 Å². The quantitative estimate of drug-likeness (QED) is 0.559. The van der Waals surface area contributed by atoms with Crippen molar-refractivity contribution in [1.82, 2.24) is 0 Å². The number of hydrogen-bond acceptors (Lipinski definition) is 2. The van der Waals surface area contributed by atoms with Gasteiger partial charge in [-0.2, -0.15) is 0 Å². The van der Waals surface area contributed by atoms with E-state index in [1.807, 2.05) is 0 Å². The second-order valence-electron chi connectivity index (χ2n) is 4.05. The monoisotopic (exact) mass is 185 g/mol. The van der Waals surface area contributed by atoms with Gasteiger partial charge in [0.2, 0.25) is 0 Å². The molecule has 0 saturated heterocycles. The van der Waals surface area contributed by atoms with Crippen LogP contribution < -0.4 is 5.73 Å². The predicted molar refractivity (Wildman–Crippen MR) is 55.7 cm³/mol. The second kappa shape index (κ2) is 7.34. The molecule has 0 heterocycles. The number of nitrogens with two attached hydrogens (primary N) is 1. The number of hydrogen-bond donors (Lipinski definition) is 1. The predicted octanol–water partition coefficient (Wildman–Crippen LogP) is 2.32. The summed E-state index contributed by atoms with van der Waals surface area (Å²) < 4.78 is 5.53. The molecule has 1 saturated carbocycles. The van der Waals surface area contributed by atoms with Crippen molar-refractivity contribution in [1.29, 1.82) is 0 Å². The summed E-state index contributed by atoms with van der Waals surface area (Å²) >= 11 is 0. The topological polar surface area (TPSA) is 35.2 Å². The van der Waals surface area contributed by atoms with Gasteiger partial charge in [-0.05, 0) is 31.7 Å². The summed E-state index contributed by atoms with van der Waals surface area (Å²) in [5.41, 5.74) is 5.40. The van der Waals surface area contributed by atoms with Crippen LogP contribution in [-0.4, -0.2) is 19.8 Å². The van der Waals surface area contributed by atoms with Gasteiger partial charge in [0.15, 0.2) is 0 Å². The number of rotatable bonds is 9. The Morgan fingerprint density at radius 3 is 2.46 bits per heavy atom. The van der Waals surface area contributed by atoms with E-state index < -0.39 is 0 Å². The van der Waals surface area contributed by atoms with Crippen molar-refractivity contribution in [3.05, 3.63) is 0 Å². The third-order valence-electron chi connectivity index (χ3n) is 2.61. The molecule has 0 spiro atoms. The normalized spacial score (nSPS) is 16.4. The van der Waals surface area contributed by atoms with Crippen molar-refractivity contribution >= 4 is 0 Å². The molecule has 0 bridgehead atoms. The summed E-state index contributed by atoms with van der Waals surface area (Å²) in [4.78, 5) is 0. The second-order valence-corrected chi connectivity index (χ2v) is 4.05. The number of unbranched alkanes of at least 4 members (excludes halogenated alkanes) is 3. The van der Waals surface area contributed by atoms with Crippen LogP contribution in [0.5, 0.6) is 0 Å². The maximum Gasteiger partial charge on any atom is 0.0468 e. The van der Waals surface area contributed by atoms with Gasteiger partial charge in [0.25, 0.3) is 0 Å². The van der Waals surface area contributed by atoms with E-state index in [1.165, 1.54) is 44.9 Å². The minimum absolute atomic E-state index is 0.836. The summed E-state index contributed by atoms with van der Waals surface area (Å²) in [7, 11) is 0. The largest absolute Gasteiger partial charge is 0.381 e. The lowest BCUT2D eigenvalue weighted by Gasteiger charge is -2.02. The fourth-order valence-electron chi connectivity index (χ4n) is 1.46. The van der Waals surface area contributed by atoms with Crippen LogP contribution >= 0.6 is 0 Å². The van der Waals surface area contributed by atoms with Crippen molar-refractivity contribution in [2.75, 3.05) is 19.8 Å². The molecule has 2 heteroatoms. The van der Waals surface area contributed by atoms with E-state index in [-0.39, 0.29) is 0 Å². The van der Waals surface area contributed by atoms with E-state index in [0.29, 0.717) is 0 Å². The summed E-state index contributed by atoms with van der Waals surface area (Å²) in [5.74, 6) is 1.01. The third kappa shape index (κ3) is 7.03. The highest BCUT2D eigenvalue weighted by Crippen LogP contribution is 2.32. The molecule has 1 aliphatic rings. The fraction of sp³-hybridized carbons (Fsp3) is 1.00. The Labute approximate surface area is 81.8 Å². The van der Waals surface area contributed by atoms with E-state index in [4.69, 9.17) is 10.5 Å². The van der Waals surface area contributed by atoms with Gasteiger partial charge in [-0.25, -0.2) is 0 Å². The lowest BCUT2D eigenvalue weighted by atomic mass is 10.2. The van der Waals surface area contributed by atoms with Gasteiger partial charge in [0.05, 0.1) is 0 Å². The molecule has 0 radical (unpaired) electrons. The van der Waals surface area contributed by atoms with Crippen LogP contribution in [0.4, 0.5) is 0 Å². The molecule has 0 atom stereocenters. The maximum atomic E-state index is 5.53. The van der Waals surface area contributed by atoms with Crippen LogP contribution in [0.15, 0.2) is 0 Å². The molecular formula is C11H23NO. The van der Waals surface area contributed by atoms with E-state index in [9.17, 15) is 0 Å². The summed E-state index contributed by atoms with van der Waals surface area (Å²) in [6.07, 6.45) is 9.11. The average molecular weight is 185 g/mol. The van der Waals surface area contributed by atoms with Crippen LogP contribution in [-0.2, 0) is 4.74 Å². The van der Waals surface area contributed by atoms with E-state index in [2.05, 4.69) is 0 Å². The van der Waals surface area contributed by atoms with Gasteiger partial charge in [0.1, 0.15) is 0 Å². The average Bonchev–Trinajstić information content (AvgIpc) is 2.93. The van der Waals surface area contributed by atoms with E-state index in [0.717, 1.165) is 25.7 Å². The fourth-order valence-corrected chi connectivity index (χ4v) is 1.46. The highest BCUT2D eigenvalue weighted by atomic mass is 16.5. The van der Waals surface area contributed by atoms with Crippen LogP contribution in [0.1, 0.15) is 44.9 Å². The highest BCUT2D eigenvalue weighted by molar-refractivity contribution is 4.72. The summed E-state index contributed by atoms with van der Waals surface area (Å²) in [5, 5.41) is 0. The minimum Gasteiger partial charge on any atom is -0.381 e. The Morgan fingerprint density at radius 2 is 1.77 bits per heavy atom. The van der Waals surface area contributed by atoms with Crippen LogP contribution in [0, 0.1) is 5.92 Å². The first-order chi connectivity index (χ1) is 6.43. The zero-order valence-electron chi connectivity index (χ0n) is 8.63. The van der Waals surface area contributed by atoms with Crippen LogP contribution in [0.2, 0.25) is 0 Å². The Bertz CT molecular complexity index is 113. The Morgan fingerprint density at radius 1 is 1.00 bits per heavy atom. The molecule has 78 valence electrons. The molecule has 1 fully saturated rings. The van der Waals surface area contributed by atoms with Crippen LogP contribution in [0.3, 0.4) is 0 Å². The molecule has 0 aromatic heterocycles. The van der Waals surface area contributed by atoms with Gasteiger partial charge >= 0.3 is 0 Å². The first kappa shape index (κ1) is 11.0. The molecule has 0 aliphatic heterocycles. The van der Waals surface area contributed by atoms with E-state index in [1.54, 1.807) is 0 Å². The molecule has 0 aromatic carbocycles. The Balaban J connectivity index is 1.63. The van der Waals surface area contributed by atoms with Crippen molar-refractivity contribution in [3.63, 3.8) is 0 Å². The zero-order chi connectivity index (χ0) is 9.36. The molecule has 1 aliphatic carbocycles. The van der Waals surface area contributed by atoms with Crippen LogP contribution in [0.25, 0.3) is 0 Å². The van der Waals surface area contributed by atoms with Crippen molar-refractivity contribution < 1.29 is 4.74 Å². The zero-order valence-corrected chi connectivity index (χ0v) is 8.63. The van der Waals surface area contributed by atoms with Gasteiger partial charge < -0.3 is 10.5 Å². The SMILES string of the molecule is NCCCCCCOCCC1CC1. The lowest BCUT2D eigenvalue weighted by molar-refractivity contribution is 0.124. The molecule has 0 aromatic rings. The first-order valence-corrected chi connectivity index (χ1v) is 5.71. The summed E-state index contributed by atoms with van der Waals surface area (Å²) in [6, 6.07) is 0. The molecule has 2 nitrogen and oxygen atoms in total. The van der Waals surface area contributed by atoms with Crippen molar-refractivity contribution in [3.8, 4) is 0 Å². The van der Waals surface area contributed by atoms with E-state index >= 15 is 0 Å². The van der Waals surface area contributed by atoms with Gasteiger partial charge in [-0.1, -0.05) is 25.7 Å². The summed E-state index contributed by atoms with van der Waals surface area (Å²) in [6.45, 7) is 2.78. The van der Waals surface area contributed by atoms with Crippen molar-refractivity contribution in [2.24, 2.45) is 11.7 Å². The van der Waals surface area contributed by atoms with Gasteiger partial charge in [-0.3, -0.25) is 0 Å². The molecule has 0 unspecified atom stereocenters. The first-order valence-electron chi connectivity index (χ1n) is 5.71. The molecule has 1 rings (SSSR count). The molecule has 13 heavy (non-hydrogen) atoms.